The van der Waals surface area contributed by atoms with Gasteiger partial charge in [0.15, 0.2) is 0 Å². The predicted molar refractivity (Wildman–Crippen MR) is 96.8 cm³/mol. The lowest BCUT2D eigenvalue weighted by molar-refractivity contribution is -0.383. The number of piperidine rings is 1. The predicted octanol–water partition coefficient (Wildman–Crippen LogP) is 1.88. The normalized spacial score (nSPS) is 15.6. The standard InChI is InChI=1S/C16H26N6O4/c1-5-26-15(23)11-6-8-21(9-7-11)14-12(22(24)25)13(17-10-18-14)19-20-16(2,3)4/h10-11,20H,5-9H2,1-4H3,(H,17,18,19). The van der Waals surface area contributed by atoms with Crippen LogP contribution < -0.4 is 15.8 Å². The second kappa shape index (κ2) is 8.26. The van der Waals surface area contributed by atoms with Crippen molar-refractivity contribution in [1.29, 1.82) is 0 Å². The molecule has 0 unspecified atom stereocenters. The molecule has 1 fully saturated rings. The molecule has 1 aliphatic rings. The third-order valence-electron chi connectivity index (χ3n) is 3.96. The minimum Gasteiger partial charge on any atom is -0.466 e. The average molecular weight is 366 g/mol. The Morgan fingerprint density at radius 1 is 1.38 bits per heavy atom. The molecule has 0 amide bonds. The zero-order valence-corrected chi connectivity index (χ0v) is 15.6. The maximum absolute atomic E-state index is 11.9. The first-order chi connectivity index (χ1) is 12.2. The molecule has 0 saturated carbocycles. The van der Waals surface area contributed by atoms with Crippen LogP contribution in [0.15, 0.2) is 6.33 Å². The smallest absolute Gasteiger partial charge is 0.354 e. The van der Waals surface area contributed by atoms with Gasteiger partial charge in [-0.3, -0.25) is 20.3 Å². The number of hydrogen-bond donors (Lipinski definition) is 2. The highest BCUT2D eigenvalue weighted by Gasteiger charge is 2.32. The fourth-order valence-electron chi connectivity index (χ4n) is 2.69. The Morgan fingerprint density at radius 3 is 2.58 bits per heavy atom. The van der Waals surface area contributed by atoms with E-state index in [9.17, 15) is 14.9 Å². The summed E-state index contributed by atoms with van der Waals surface area (Å²) in [6.07, 6.45) is 2.44. The SMILES string of the molecule is CCOC(=O)C1CCN(c2ncnc(NNC(C)(C)C)c2[N+](=O)[O-])CC1. The zero-order valence-electron chi connectivity index (χ0n) is 15.6. The monoisotopic (exact) mass is 366 g/mol. The summed E-state index contributed by atoms with van der Waals surface area (Å²) >= 11 is 0. The van der Waals surface area contributed by atoms with Crippen molar-refractivity contribution in [2.24, 2.45) is 5.92 Å². The molecule has 2 heterocycles. The maximum Gasteiger partial charge on any atom is 0.354 e. The Morgan fingerprint density at radius 2 is 2.04 bits per heavy atom. The third kappa shape index (κ3) is 5.01. The molecule has 1 aliphatic heterocycles. The largest absolute Gasteiger partial charge is 0.466 e. The lowest BCUT2D eigenvalue weighted by Gasteiger charge is -2.31. The molecular weight excluding hydrogens is 340 g/mol. The number of carbonyl (C=O) groups is 1. The number of anilines is 2. The van der Waals surface area contributed by atoms with Crippen LogP contribution in [0.25, 0.3) is 0 Å². The van der Waals surface area contributed by atoms with Crippen LogP contribution in [-0.2, 0) is 9.53 Å². The molecule has 0 radical (unpaired) electrons. The first-order valence-corrected chi connectivity index (χ1v) is 8.67. The lowest BCUT2D eigenvalue weighted by atomic mass is 9.97. The summed E-state index contributed by atoms with van der Waals surface area (Å²) in [6, 6.07) is 0. The van der Waals surface area contributed by atoms with Crippen molar-refractivity contribution >= 4 is 23.3 Å². The molecule has 0 aromatic carbocycles. The number of nitro groups is 1. The minimum atomic E-state index is -0.487. The Labute approximate surface area is 152 Å². The van der Waals surface area contributed by atoms with Crippen LogP contribution in [-0.4, -0.2) is 46.1 Å². The Kier molecular flexibility index (Phi) is 6.30. The van der Waals surface area contributed by atoms with Gasteiger partial charge in [-0.2, -0.15) is 0 Å². The van der Waals surface area contributed by atoms with E-state index in [1.54, 1.807) is 6.92 Å². The van der Waals surface area contributed by atoms with E-state index in [1.807, 2.05) is 25.7 Å². The van der Waals surface area contributed by atoms with Gasteiger partial charge in [0.1, 0.15) is 6.33 Å². The number of carbonyl (C=O) groups excluding carboxylic acids is 1. The molecule has 0 atom stereocenters. The van der Waals surface area contributed by atoms with Gasteiger partial charge in [-0.25, -0.2) is 15.4 Å². The second-order valence-corrected chi connectivity index (χ2v) is 7.16. The summed E-state index contributed by atoms with van der Waals surface area (Å²) in [6.45, 7) is 8.89. The molecule has 2 rings (SSSR count). The van der Waals surface area contributed by atoms with E-state index in [0.29, 0.717) is 32.5 Å². The summed E-state index contributed by atoms with van der Waals surface area (Å²) in [7, 11) is 0. The van der Waals surface area contributed by atoms with E-state index in [-0.39, 0.29) is 34.7 Å². The first-order valence-electron chi connectivity index (χ1n) is 8.67. The number of hydrazine groups is 1. The van der Waals surface area contributed by atoms with Crippen LogP contribution in [0.3, 0.4) is 0 Å². The van der Waals surface area contributed by atoms with Crippen molar-refractivity contribution in [3.05, 3.63) is 16.4 Å². The van der Waals surface area contributed by atoms with Crippen molar-refractivity contribution in [2.45, 2.75) is 46.1 Å². The molecule has 26 heavy (non-hydrogen) atoms. The van der Waals surface area contributed by atoms with Crippen LogP contribution in [0.2, 0.25) is 0 Å². The minimum absolute atomic E-state index is 0.113. The summed E-state index contributed by atoms with van der Waals surface area (Å²) < 4.78 is 5.06. The summed E-state index contributed by atoms with van der Waals surface area (Å²) in [4.78, 5) is 32.9. The number of esters is 1. The van der Waals surface area contributed by atoms with E-state index < -0.39 is 4.92 Å². The van der Waals surface area contributed by atoms with Crippen LogP contribution >= 0.6 is 0 Å². The molecule has 10 nitrogen and oxygen atoms in total. The van der Waals surface area contributed by atoms with E-state index in [4.69, 9.17) is 4.74 Å². The van der Waals surface area contributed by atoms with E-state index in [2.05, 4.69) is 20.8 Å². The van der Waals surface area contributed by atoms with Crippen LogP contribution in [0.5, 0.6) is 0 Å². The Balaban J connectivity index is 2.17. The van der Waals surface area contributed by atoms with Gasteiger partial charge in [-0.15, -0.1) is 0 Å². The fourth-order valence-corrected chi connectivity index (χ4v) is 2.69. The highest BCUT2D eigenvalue weighted by atomic mass is 16.6. The molecular formula is C16H26N6O4. The number of nitrogens with one attached hydrogen (secondary N) is 2. The molecule has 2 N–H and O–H groups in total. The zero-order chi connectivity index (χ0) is 19.3. The summed E-state index contributed by atoms with van der Waals surface area (Å²) in [5, 5.41) is 11.6. The maximum atomic E-state index is 11.9. The van der Waals surface area contributed by atoms with Crippen molar-refractivity contribution in [2.75, 3.05) is 30.0 Å². The van der Waals surface area contributed by atoms with Crippen LogP contribution in [0, 0.1) is 16.0 Å². The lowest BCUT2D eigenvalue weighted by Crippen LogP contribution is -2.41. The first kappa shape index (κ1) is 19.8. The van der Waals surface area contributed by atoms with E-state index >= 15 is 0 Å². The summed E-state index contributed by atoms with van der Waals surface area (Å²) in [5.74, 6) is -0.0127. The molecule has 1 aromatic rings. The van der Waals surface area contributed by atoms with Gasteiger partial charge in [0.2, 0.25) is 11.6 Å². The number of ether oxygens (including phenoxy) is 1. The van der Waals surface area contributed by atoms with Crippen molar-refractivity contribution < 1.29 is 14.5 Å². The van der Waals surface area contributed by atoms with Gasteiger partial charge < -0.3 is 9.64 Å². The van der Waals surface area contributed by atoms with Gasteiger partial charge in [0, 0.05) is 18.6 Å². The average Bonchev–Trinajstić information content (AvgIpc) is 2.59. The van der Waals surface area contributed by atoms with Crippen molar-refractivity contribution in [1.82, 2.24) is 15.4 Å². The molecule has 0 aliphatic carbocycles. The summed E-state index contributed by atoms with van der Waals surface area (Å²) in [5.41, 5.74) is 5.31. The van der Waals surface area contributed by atoms with Crippen molar-refractivity contribution in [3.63, 3.8) is 0 Å². The highest BCUT2D eigenvalue weighted by molar-refractivity contribution is 5.74. The van der Waals surface area contributed by atoms with Crippen LogP contribution in [0.4, 0.5) is 17.3 Å². The fraction of sp³-hybridized carbons (Fsp3) is 0.688. The van der Waals surface area contributed by atoms with Gasteiger partial charge in [-0.1, -0.05) is 0 Å². The van der Waals surface area contributed by atoms with Gasteiger partial charge in [0.25, 0.3) is 0 Å². The van der Waals surface area contributed by atoms with E-state index in [0.717, 1.165) is 0 Å². The topological polar surface area (TPSA) is 123 Å². The number of aromatic nitrogens is 2. The molecule has 0 spiro atoms. The second-order valence-electron chi connectivity index (χ2n) is 7.16. The van der Waals surface area contributed by atoms with Gasteiger partial charge >= 0.3 is 11.7 Å². The highest BCUT2D eigenvalue weighted by Crippen LogP contribution is 2.34. The molecule has 10 heteroatoms. The van der Waals surface area contributed by atoms with Crippen LogP contribution in [0.1, 0.15) is 40.5 Å². The Hall–Kier alpha value is -2.49. The van der Waals surface area contributed by atoms with E-state index in [1.165, 1.54) is 6.33 Å². The molecule has 144 valence electrons. The molecule has 1 saturated heterocycles. The number of rotatable bonds is 6. The molecule has 1 aromatic heterocycles. The number of hydrogen-bond acceptors (Lipinski definition) is 9. The van der Waals surface area contributed by atoms with Gasteiger partial charge in [0.05, 0.1) is 17.4 Å². The Bertz CT molecular complexity index is 653. The van der Waals surface area contributed by atoms with Crippen molar-refractivity contribution in [3.8, 4) is 0 Å². The number of nitrogens with zero attached hydrogens (tertiary/aromatic N) is 4. The third-order valence-corrected chi connectivity index (χ3v) is 3.96. The van der Waals surface area contributed by atoms with Gasteiger partial charge in [-0.05, 0) is 40.5 Å². The molecule has 0 bridgehead atoms. The quantitative estimate of drug-likeness (QED) is 0.441.